The van der Waals surface area contributed by atoms with E-state index < -0.39 is 0 Å². The minimum Gasteiger partial charge on any atom is -0.494 e. The van der Waals surface area contributed by atoms with Gasteiger partial charge in [-0.2, -0.15) is 0 Å². The number of aliphatic imine (C=N–C) groups is 1. The zero-order chi connectivity index (χ0) is 19.7. The summed E-state index contributed by atoms with van der Waals surface area (Å²) in [5.74, 6) is 0.373. The molecule has 1 amide bonds. The number of aryl methyl sites for hydroxylation is 2. The molecule has 27 heavy (non-hydrogen) atoms. The van der Waals surface area contributed by atoms with E-state index in [4.69, 9.17) is 16.3 Å². The Kier molecular flexibility index (Phi) is 6.35. The number of carbonyl (C=O) groups is 1. The van der Waals surface area contributed by atoms with Crippen LogP contribution in [0, 0.1) is 13.8 Å². The second kappa shape index (κ2) is 8.39. The van der Waals surface area contributed by atoms with Gasteiger partial charge in [-0.3, -0.25) is 4.79 Å². The highest BCUT2D eigenvalue weighted by Gasteiger charge is 2.24. The van der Waals surface area contributed by atoms with Gasteiger partial charge in [-0.1, -0.05) is 27.5 Å². The van der Waals surface area contributed by atoms with Gasteiger partial charge in [0.1, 0.15) is 0 Å². The SMILES string of the molecule is COc1c(Cl)cc(/C=C2\SC(=Nc3cc(C)c(Br)c(C)c3)NC2=O)cc1Br. The van der Waals surface area contributed by atoms with Crippen molar-refractivity contribution in [1.82, 2.24) is 5.32 Å². The maximum absolute atomic E-state index is 12.3. The number of nitrogens with one attached hydrogen (secondary N) is 1. The number of hydrogen-bond acceptors (Lipinski definition) is 4. The topological polar surface area (TPSA) is 50.7 Å². The van der Waals surface area contributed by atoms with Crippen LogP contribution in [0.2, 0.25) is 5.02 Å². The summed E-state index contributed by atoms with van der Waals surface area (Å²) >= 11 is 14.5. The summed E-state index contributed by atoms with van der Waals surface area (Å²) in [6, 6.07) is 7.54. The molecule has 0 spiro atoms. The standard InChI is InChI=1S/C19H15Br2ClN2O2S/c1-9-4-12(5-10(2)16(9)21)23-19-24-18(25)15(27-19)8-11-6-13(20)17(26-3)14(22)7-11/h4-8H,1-3H3,(H,23,24,25)/b15-8-. The molecule has 1 aliphatic rings. The average molecular weight is 531 g/mol. The van der Waals surface area contributed by atoms with Crippen LogP contribution in [0.3, 0.4) is 0 Å². The Labute approximate surface area is 183 Å². The fraction of sp³-hybridized carbons (Fsp3) is 0.158. The molecule has 4 nitrogen and oxygen atoms in total. The Bertz CT molecular complexity index is 959. The molecule has 1 N–H and O–H groups in total. The highest BCUT2D eigenvalue weighted by atomic mass is 79.9. The van der Waals surface area contributed by atoms with Crippen LogP contribution in [0.25, 0.3) is 6.08 Å². The Morgan fingerprint density at radius 3 is 2.44 bits per heavy atom. The van der Waals surface area contributed by atoms with Crippen molar-refractivity contribution in [3.05, 3.63) is 59.8 Å². The molecule has 1 saturated heterocycles. The van der Waals surface area contributed by atoms with Gasteiger partial charge >= 0.3 is 0 Å². The minimum atomic E-state index is -0.188. The van der Waals surface area contributed by atoms with E-state index in [9.17, 15) is 4.79 Å². The number of amidine groups is 1. The lowest BCUT2D eigenvalue weighted by Crippen LogP contribution is -2.19. The summed E-state index contributed by atoms with van der Waals surface area (Å²) in [4.78, 5) is 17.4. The lowest BCUT2D eigenvalue weighted by atomic mass is 10.1. The molecule has 3 rings (SSSR count). The number of amides is 1. The Morgan fingerprint density at radius 1 is 1.19 bits per heavy atom. The van der Waals surface area contributed by atoms with Gasteiger partial charge in [0.05, 0.1) is 27.2 Å². The van der Waals surface area contributed by atoms with Gasteiger partial charge in [-0.05, 0) is 88.6 Å². The van der Waals surface area contributed by atoms with Crippen molar-refractivity contribution >= 4 is 78.1 Å². The third kappa shape index (κ3) is 4.59. The molecule has 1 fully saturated rings. The van der Waals surface area contributed by atoms with Crippen LogP contribution >= 0.6 is 55.2 Å². The first-order chi connectivity index (χ1) is 12.8. The van der Waals surface area contributed by atoms with Gasteiger partial charge in [-0.15, -0.1) is 0 Å². The van der Waals surface area contributed by atoms with Crippen LogP contribution < -0.4 is 10.1 Å². The highest BCUT2D eigenvalue weighted by Crippen LogP contribution is 2.36. The monoisotopic (exact) mass is 528 g/mol. The summed E-state index contributed by atoms with van der Waals surface area (Å²) in [6.45, 7) is 4.02. The Balaban J connectivity index is 1.89. The predicted octanol–water partition coefficient (Wildman–Crippen LogP) is 6.38. The second-order valence-corrected chi connectivity index (χ2v) is 8.98. The molecule has 1 aliphatic heterocycles. The summed E-state index contributed by atoms with van der Waals surface area (Å²) < 4.78 is 7.02. The smallest absolute Gasteiger partial charge is 0.264 e. The number of thioether (sulfide) groups is 1. The van der Waals surface area contributed by atoms with Crippen molar-refractivity contribution in [2.45, 2.75) is 13.8 Å². The normalized spacial score (nSPS) is 16.9. The van der Waals surface area contributed by atoms with E-state index >= 15 is 0 Å². The van der Waals surface area contributed by atoms with Crippen LogP contribution in [0.5, 0.6) is 5.75 Å². The Hall–Kier alpha value is -1.28. The van der Waals surface area contributed by atoms with Gasteiger partial charge in [-0.25, -0.2) is 4.99 Å². The quantitative estimate of drug-likeness (QED) is 0.469. The van der Waals surface area contributed by atoms with Crippen LogP contribution in [0.15, 0.2) is 43.1 Å². The maximum Gasteiger partial charge on any atom is 0.264 e. The van der Waals surface area contributed by atoms with E-state index in [2.05, 4.69) is 42.2 Å². The molecule has 2 aromatic carbocycles. The van der Waals surface area contributed by atoms with Crippen LogP contribution in [-0.4, -0.2) is 18.2 Å². The molecule has 0 atom stereocenters. The summed E-state index contributed by atoms with van der Waals surface area (Å²) in [6.07, 6.45) is 1.77. The maximum atomic E-state index is 12.3. The first kappa shape index (κ1) is 20.5. The zero-order valence-electron chi connectivity index (χ0n) is 14.7. The van der Waals surface area contributed by atoms with Gasteiger partial charge in [0.2, 0.25) is 0 Å². The predicted molar refractivity (Wildman–Crippen MR) is 120 cm³/mol. The van der Waals surface area contributed by atoms with E-state index in [0.29, 0.717) is 20.8 Å². The molecule has 1 heterocycles. The molecule has 0 unspecified atom stereocenters. The number of rotatable bonds is 3. The molecule has 0 aromatic heterocycles. The van der Waals surface area contributed by atoms with Crippen molar-refractivity contribution < 1.29 is 9.53 Å². The molecule has 140 valence electrons. The number of hydrogen-bond donors (Lipinski definition) is 1. The first-order valence-corrected chi connectivity index (χ1v) is 10.7. The average Bonchev–Trinajstić information content (AvgIpc) is 2.91. The Morgan fingerprint density at radius 2 is 1.85 bits per heavy atom. The van der Waals surface area contributed by atoms with Crippen molar-refractivity contribution in [3.8, 4) is 5.75 Å². The van der Waals surface area contributed by atoms with Crippen LogP contribution in [0.1, 0.15) is 16.7 Å². The minimum absolute atomic E-state index is 0.188. The fourth-order valence-electron chi connectivity index (χ4n) is 2.59. The van der Waals surface area contributed by atoms with Crippen LogP contribution in [-0.2, 0) is 4.79 Å². The lowest BCUT2D eigenvalue weighted by Gasteiger charge is -2.07. The van der Waals surface area contributed by atoms with Crippen molar-refractivity contribution in [3.63, 3.8) is 0 Å². The number of ether oxygens (including phenoxy) is 1. The molecular weight excluding hydrogens is 516 g/mol. The summed E-state index contributed by atoms with van der Waals surface area (Å²) in [7, 11) is 1.55. The summed E-state index contributed by atoms with van der Waals surface area (Å²) in [5.41, 5.74) is 3.78. The van der Waals surface area contributed by atoms with E-state index in [1.165, 1.54) is 11.8 Å². The second-order valence-electron chi connectivity index (χ2n) is 5.89. The number of methoxy groups -OCH3 is 1. The van der Waals surface area contributed by atoms with Crippen molar-refractivity contribution in [1.29, 1.82) is 0 Å². The first-order valence-electron chi connectivity index (χ1n) is 7.88. The molecule has 0 saturated carbocycles. The largest absolute Gasteiger partial charge is 0.494 e. The molecule has 0 radical (unpaired) electrons. The molecule has 8 heteroatoms. The van der Waals surface area contributed by atoms with Gasteiger partial charge in [0.15, 0.2) is 10.9 Å². The third-order valence-electron chi connectivity index (χ3n) is 3.83. The molecule has 0 bridgehead atoms. The van der Waals surface area contributed by atoms with Crippen molar-refractivity contribution in [2.24, 2.45) is 4.99 Å². The fourth-order valence-corrected chi connectivity index (χ4v) is 4.72. The number of halogens is 3. The highest BCUT2D eigenvalue weighted by molar-refractivity contribution is 9.10. The van der Waals surface area contributed by atoms with E-state index in [-0.39, 0.29) is 5.91 Å². The zero-order valence-corrected chi connectivity index (χ0v) is 19.4. The van der Waals surface area contributed by atoms with Gasteiger partial charge in [0.25, 0.3) is 5.91 Å². The number of nitrogens with zero attached hydrogens (tertiary/aromatic N) is 1. The molecule has 0 aliphatic carbocycles. The lowest BCUT2D eigenvalue weighted by molar-refractivity contribution is -0.115. The third-order valence-corrected chi connectivity index (χ3v) is 6.86. The van der Waals surface area contributed by atoms with E-state index in [1.54, 1.807) is 19.3 Å². The van der Waals surface area contributed by atoms with Crippen molar-refractivity contribution in [2.75, 3.05) is 7.11 Å². The summed E-state index contributed by atoms with van der Waals surface area (Å²) in [5, 5.41) is 3.82. The molecular formula is C19H15Br2ClN2O2S. The van der Waals surface area contributed by atoms with Gasteiger partial charge in [0, 0.05) is 4.47 Å². The number of benzene rings is 2. The molecule has 2 aromatic rings. The van der Waals surface area contributed by atoms with Gasteiger partial charge < -0.3 is 10.1 Å². The van der Waals surface area contributed by atoms with E-state index in [0.717, 1.165) is 31.3 Å². The van der Waals surface area contributed by atoms with Crippen LogP contribution in [0.4, 0.5) is 5.69 Å². The van der Waals surface area contributed by atoms with E-state index in [1.807, 2.05) is 32.0 Å². The number of carbonyl (C=O) groups excluding carboxylic acids is 1.